The monoisotopic (exact) mass is 192 g/mol. The van der Waals surface area contributed by atoms with Crippen molar-refractivity contribution in [3.63, 3.8) is 0 Å². The molecule has 0 spiro atoms. The molecule has 1 aromatic rings. The van der Waals surface area contributed by atoms with E-state index in [1.807, 2.05) is 6.07 Å². The molecule has 3 nitrogen and oxygen atoms in total. The summed E-state index contributed by atoms with van der Waals surface area (Å²) in [5.74, 6) is -1.28. The van der Waals surface area contributed by atoms with Crippen molar-refractivity contribution in [1.82, 2.24) is 0 Å². The molecule has 2 N–H and O–H groups in total. The minimum Gasteiger partial charge on any atom is -0.479 e. The molecule has 0 bridgehead atoms. The second-order valence-corrected chi connectivity index (χ2v) is 3.10. The zero-order valence-electron chi connectivity index (χ0n) is 7.68. The van der Waals surface area contributed by atoms with E-state index >= 15 is 0 Å². The Bertz CT molecular complexity index is 332. The minimum absolute atomic E-state index is 0.0344. The summed E-state index contributed by atoms with van der Waals surface area (Å²) in [5, 5.41) is 18.4. The van der Waals surface area contributed by atoms with Crippen molar-refractivity contribution in [1.29, 1.82) is 0 Å². The van der Waals surface area contributed by atoms with Crippen LogP contribution in [0, 0.1) is 0 Å². The van der Waals surface area contributed by atoms with E-state index in [9.17, 15) is 9.90 Å². The van der Waals surface area contributed by atoms with Gasteiger partial charge in [-0.15, -0.1) is 0 Å². The van der Waals surface area contributed by atoms with Crippen LogP contribution in [-0.2, 0) is 11.2 Å². The average Bonchev–Trinajstić information content (AvgIpc) is 2.19. The number of carboxylic acids is 1. The van der Waals surface area contributed by atoms with Crippen LogP contribution >= 0.6 is 0 Å². The van der Waals surface area contributed by atoms with Gasteiger partial charge in [-0.1, -0.05) is 36.9 Å². The summed E-state index contributed by atoms with van der Waals surface area (Å²) in [4.78, 5) is 10.7. The molecule has 0 aliphatic carbocycles. The van der Waals surface area contributed by atoms with Crippen molar-refractivity contribution in [3.8, 4) is 0 Å². The standard InChI is InChI=1S/C11H12O3/c1-2-11(14,10(12)13)8-9-6-4-3-5-7-9/h2-7,14H,1,8H2,(H,12,13). The third-order valence-electron chi connectivity index (χ3n) is 2.02. The molecular weight excluding hydrogens is 180 g/mol. The van der Waals surface area contributed by atoms with Gasteiger partial charge >= 0.3 is 5.97 Å². The Hall–Kier alpha value is -1.61. The molecule has 74 valence electrons. The van der Waals surface area contributed by atoms with Crippen LogP contribution in [0.4, 0.5) is 0 Å². The maximum atomic E-state index is 10.7. The lowest BCUT2D eigenvalue weighted by molar-refractivity contribution is -0.153. The fourth-order valence-electron chi connectivity index (χ4n) is 1.14. The number of rotatable bonds is 4. The highest BCUT2D eigenvalue weighted by Gasteiger charge is 2.32. The summed E-state index contributed by atoms with van der Waals surface area (Å²) in [6, 6.07) is 8.94. The molecule has 0 aliphatic rings. The molecule has 1 rings (SSSR count). The molecule has 1 unspecified atom stereocenters. The van der Waals surface area contributed by atoms with Gasteiger partial charge in [0.1, 0.15) is 0 Å². The predicted molar refractivity (Wildman–Crippen MR) is 52.9 cm³/mol. The second-order valence-electron chi connectivity index (χ2n) is 3.10. The van der Waals surface area contributed by atoms with Crippen molar-refractivity contribution < 1.29 is 15.0 Å². The largest absolute Gasteiger partial charge is 0.479 e. The Morgan fingerprint density at radius 1 is 1.43 bits per heavy atom. The van der Waals surface area contributed by atoms with Crippen LogP contribution in [0.3, 0.4) is 0 Å². The van der Waals surface area contributed by atoms with E-state index in [0.717, 1.165) is 11.6 Å². The molecule has 0 heterocycles. The Morgan fingerprint density at radius 3 is 2.43 bits per heavy atom. The number of hydrogen-bond acceptors (Lipinski definition) is 2. The highest BCUT2D eigenvalue weighted by Crippen LogP contribution is 2.14. The molecule has 0 aliphatic heterocycles. The summed E-state index contributed by atoms with van der Waals surface area (Å²) >= 11 is 0. The van der Waals surface area contributed by atoms with Gasteiger partial charge in [0.05, 0.1) is 0 Å². The Labute approximate surface area is 82.3 Å². The van der Waals surface area contributed by atoms with Crippen LogP contribution in [0.5, 0.6) is 0 Å². The van der Waals surface area contributed by atoms with Crippen molar-refractivity contribution in [2.24, 2.45) is 0 Å². The van der Waals surface area contributed by atoms with Crippen molar-refractivity contribution in [2.75, 3.05) is 0 Å². The maximum absolute atomic E-state index is 10.7. The highest BCUT2D eigenvalue weighted by atomic mass is 16.4. The van der Waals surface area contributed by atoms with E-state index in [1.165, 1.54) is 0 Å². The maximum Gasteiger partial charge on any atom is 0.340 e. The number of aliphatic hydroxyl groups is 1. The minimum atomic E-state index is -1.87. The van der Waals surface area contributed by atoms with Crippen LogP contribution in [0.1, 0.15) is 5.56 Å². The van der Waals surface area contributed by atoms with Crippen molar-refractivity contribution >= 4 is 5.97 Å². The number of carbonyl (C=O) groups is 1. The Morgan fingerprint density at radius 2 is 2.00 bits per heavy atom. The number of carboxylic acid groups (broad SMARTS) is 1. The molecule has 14 heavy (non-hydrogen) atoms. The third kappa shape index (κ3) is 2.20. The predicted octanol–water partition coefficient (Wildman–Crippen LogP) is 1.23. The summed E-state index contributed by atoms with van der Waals surface area (Å²) < 4.78 is 0. The van der Waals surface area contributed by atoms with Gasteiger partial charge in [-0.2, -0.15) is 0 Å². The van der Waals surface area contributed by atoms with E-state index in [4.69, 9.17) is 5.11 Å². The van der Waals surface area contributed by atoms with E-state index < -0.39 is 11.6 Å². The SMILES string of the molecule is C=CC(O)(Cc1ccccc1)C(=O)O. The summed E-state index contributed by atoms with van der Waals surface area (Å²) in [7, 11) is 0. The van der Waals surface area contributed by atoms with Crippen molar-refractivity contribution in [3.05, 3.63) is 48.6 Å². The van der Waals surface area contributed by atoms with Gasteiger partial charge in [-0.05, 0) is 11.6 Å². The fourth-order valence-corrected chi connectivity index (χ4v) is 1.14. The second kappa shape index (κ2) is 4.07. The molecule has 0 aromatic heterocycles. The van der Waals surface area contributed by atoms with Crippen LogP contribution < -0.4 is 0 Å². The lowest BCUT2D eigenvalue weighted by Crippen LogP contribution is -2.38. The fraction of sp³-hybridized carbons (Fsp3) is 0.182. The molecule has 0 amide bonds. The molecule has 0 saturated carbocycles. The number of aliphatic carboxylic acids is 1. The Kier molecular flexibility index (Phi) is 3.04. The lowest BCUT2D eigenvalue weighted by atomic mass is 9.95. The average molecular weight is 192 g/mol. The van der Waals surface area contributed by atoms with Crippen LogP contribution in [0.15, 0.2) is 43.0 Å². The first-order chi connectivity index (χ1) is 6.58. The van der Waals surface area contributed by atoms with E-state index in [-0.39, 0.29) is 6.42 Å². The first-order valence-electron chi connectivity index (χ1n) is 4.22. The van der Waals surface area contributed by atoms with Crippen molar-refractivity contribution in [2.45, 2.75) is 12.0 Å². The first-order valence-corrected chi connectivity index (χ1v) is 4.22. The first kappa shape index (κ1) is 10.5. The molecule has 1 atom stereocenters. The molecule has 0 radical (unpaired) electrons. The summed E-state index contributed by atoms with van der Waals surface area (Å²) in [6.45, 7) is 3.32. The van der Waals surface area contributed by atoms with Crippen LogP contribution in [0.25, 0.3) is 0 Å². The molecule has 0 saturated heterocycles. The molecule has 3 heteroatoms. The molecule has 1 aromatic carbocycles. The Balaban J connectivity index is 2.86. The molecule has 0 fully saturated rings. The smallest absolute Gasteiger partial charge is 0.340 e. The topological polar surface area (TPSA) is 57.5 Å². The van der Waals surface area contributed by atoms with Gasteiger partial charge in [0.15, 0.2) is 5.60 Å². The van der Waals surface area contributed by atoms with Gasteiger partial charge in [0, 0.05) is 6.42 Å². The van der Waals surface area contributed by atoms with Gasteiger partial charge < -0.3 is 10.2 Å². The normalized spacial score (nSPS) is 14.4. The quantitative estimate of drug-likeness (QED) is 0.705. The van der Waals surface area contributed by atoms with Crippen LogP contribution in [-0.4, -0.2) is 21.8 Å². The zero-order valence-corrected chi connectivity index (χ0v) is 7.68. The van der Waals surface area contributed by atoms with E-state index in [0.29, 0.717) is 0 Å². The summed E-state index contributed by atoms with van der Waals surface area (Å²) in [5.41, 5.74) is -1.11. The van der Waals surface area contributed by atoms with Gasteiger partial charge in [0.2, 0.25) is 0 Å². The van der Waals surface area contributed by atoms with E-state index in [2.05, 4.69) is 6.58 Å². The zero-order chi connectivity index (χ0) is 10.6. The van der Waals surface area contributed by atoms with Gasteiger partial charge in [-0.3, -0.25) is 0 Å². The molecular formula is C11H12O3. The number of benzene rings is 1. The van der Waals surface area contributed by atoms with Gasteiger partial charge in [-0.25, -0.2) is 4.79 Å². The lowest BCUT2D eigenvalue weighted by Gasteiger charge is -2.18. The number of hydrogen-bond donors (Lipinski definition) is 2. The third-order valence-corrected chi connectivity index (χ3v) is 2.02. The van der Waals surface area contributed by atoms with Gasteiger partial charge in [0.25, 0.3) is 0 Å². The highest BCUT2D eigenvalue weighted by molar-refractivity contribution is 5.80. The van der Waals surface area contributed by atoms with E-state index in [1.54, 1.807) is 24.3 Å². The van der Waals surface area contributed by atoms with Crippen LogP contribution in [0.2, 0.25) is 0 Å². The summed E-state index contributed by atoms with van der Waals surface area (Å²) in [6.07, 6.45) is 1.08.